The fourth-order valence-corrected chi connectivity index (χ4v) is 9.27. The van der Waals surface area contributed by atoms with Gasteiger partial charge in [-0.2, -0.15) is 52.7 Å². The molecule has 0 bridgehead atoms. The molecule has 13 nitrogen and oxygen atoms in total. The quantitative estimate of drug-likeness (QED) is 0.0339. The number of ether oxygens (including phenoxy) is 1. The lowest BCUT2D eigenvalue weighted by Gasteiger charge is -2.38. The molecule has 0 heterocycles. The summed E-state index contributed by atoms with van der Waals surface area (Å²) < 4.78 is 229. The van der Waals surface area contributed by atoms with Crippen LogP contribution in [0.1, 0.15) is 43.0 Å². The number of phenolic OH excluding ortho intramolecular Hbond substituents is 4. The van der Waals surface area contributed by atoms with Gasteiger partial charge in [-0.1, -0.05) is 42.5 Å². The zero-order valence-corrected chi connectivity index (χ0v) is 39.4. The summed E-state index contributed by atoms with van der Waals surface area (Å²) in [7, 11) is -3.53. The number of carbonyl (C=O) groups excluding carboxylic acids is 2. The Morgan fingerprint density at radius 3 is 1.16 bits per heavy atom. The lowest BCUT2D eigenvalue weighted by molar-refractivity contribution is -0.290. The molecule has 7 aromatic carbocycles. The van der Waals surface area contributed by atoms with Crippen LogP contribution in [0.4, 0.5) is 75.4 Å². The molecule has 0 aliphatic rings. The van der Waals surface area contributed by atoms with E-state index >= 15 is 26.3 Å². The van der Waals surface area contributed by atoms with Crippen LogP contribution in [-0.2, 0) is 20.9 Å². The van der Waals surface area contributed by atoms with E-state index in [0.717, 1.165) is 43.4 Å². The summed E-state index contributed by atoms with van der Waals surface area (Å²) in [6.07, 6.45) is -24.7. The first kappa shape index (κ1) is 53.0. The number of amides is 2. The lowest BCUT2D eigenvalue weighted by Crippen LogP contribution is -2.54. The lowest BCUT2D eigenvalue weighted by atomic mass is 9.72. The molecule has 0 aromatic heterocycles. The Kier molecular flexibility index (Phi) is 14.0. The van der Waals surface area contributed by atoms with Crippen molar-refractivity contribution in [3.05, 3.63) is 185 Å². The largest absolute Gasteiger partial charge is 0.506 e. The highest BCUT2D eigenvalue weighted by molar-refractivity contribution is 7.92. The second kappa shape index (κ2) is 20.4. The number of carbonyl (C=O) groups is 2. The van der Waals surface area contributed by atoms with Crippen molar-refractivity contribution in [1.29, 1.82) is 2.86 Å². The number of phenols is 4. The van der Waals surface area contributed by atoms with E-state index in [-0.39, 0.29) is 40.8 Å². The number of hydrogen-bond acceptors (Lipinski definition) is 10. The highest BCUT2D eigenvalue weighted by Gasteiger charge is 2.74. The summed E-state index contributed by atoms with van der Waals surface area (Å²) in [5.41, 5.74) is -19.5. The van der Waals surface area contributed by atoms with Gasteiger partial charge in [0.2, 0.25) is 10.8 Å². The number of benzene rings is 7. The van der Waals surface area contributed by atoms with Crippen LogP contribution in [-0.4, -0.2) is 75.3 Å². The minimum Gasteiger partial charge on any atom is -0.506 e. The van der Waals surface area contributed by atoms with Crippen LogP contribution in [0, 0.1) is 0 Å². The van der Waals surface area contributed by atoms with E-state index in [4.69, 9.17) is 7.60 Å². The third kappa shape index (κ3) is 10.6. The molecule has 7 rings (SSSR count). The Hall–Kier alpha value is -8.81. The minimum atomic E-state index is -6.27. The molecule has 0 aliphatic carbocycles. The second-order valence-electron chi connectivity index (χ2n) is 16.6. The zero-order chi connectivity index (χ0) is 58.1. The minimum absolute atomic E-state index is 0.0119. The van der Waals surface area contributed by atoms with Crippen LogP contribution in [0.15, 0.2) is 157 Å². The topological polar surface area (TPSA) is 207 Å². The average Bonchev–Trinajstić information content (AvgIpc) is 3.57. The SMILES string of the molecule is [2H]Oc1ccc(C(c2ccc(O)c(NC)c2)(C(F)(F)F)C(F)(F)F)cc1NC(=O)c1ccc(Oc2ccc(C(=O)Nc3cc(C(c4ccc(O)c(NS(=O)(=O)c5ccccc5)c4)(C(F)(F)F)C(F)(F)F)ccc3O[2H])cc2)cc1. The molecule has 26 heteroatoms. The van der Waals surface area contributed by atoms with E-state index in [9.17, 15) is 54.6 Å². The number of anilines is 4. The number of alkyl halides is 12. The van der Waals surface area contributed by atoms with Crippen molar-refractivity contribution in [2.75, 3.05) is 27.7 Å². The number of hydrogen-bond donors (Lipinski definition) is 8. The summed E-state index contributed by atoms with van der Waals surface area (Å²) in [5.74, 6) is -5.40. The first-order chi connectivity index (χ1) is 36.9. The fourth-order valence-electron chi connectivity index (χ4n) is 8.18. The first-order valence-corrected chi connectivity index (χ1v) is 23.2. The third-order valence-electron chi connectivity index (χ3n) is 11.9. The maximum Gasteiger partial charge on any atom is 0.411 e. The van der Waals surface area contributed by atoms with Gasteiger partial charge in [-0.25, -0.2) is 8.42 Å². The zero-order valence-electron chi connectivity index (χ0n) is 40.6. The third-order valence-corrected chi connectivity index (χ3v) is 13.3. The van der Waals surface area contributed by atoms with Gasteiger partial charge in [0, 0.05) is 18.2 Å². The normalized spacial score (nSPS) is 12.9. The number of aromatic hydroxyl groups is 4. The summed E-state index contributed by atoms with van der Waals surface area (Å²) >= 11 is 0. The van der Waals surface area contributed by atoms with Crippen molar-refractivity contribution >= 4 is 44.6 Å². The smallest absolute Gasteiger partial charge is 0.411 e. The van der Waals surface area contributed by atoms with E-state index in [0.29, 0.717) is 54.6 Å². The number of halogens is 12. The Balaban J connectivity index is 1.11. The van der Waals surface area contributed by atoms with Crippen molar-refractivity contribution in [2.24, 2.45) is 0 Å². The first-order valence-electron chi connectivity index (χ1n) is 22.5. The standard InChI is InChI=1S/C51H36F12N4O9S/c1-64-36-23-29(11-19-40(36)68)46(48(52,53)54,49(55,56)57)30-12-20-41(69)37(24-30)65-44(72)27-7-15-33(16-8-27)76-34-17-9-28(10-18-34)45(73)66-38-25-31(13-21-42(38)70)47(50(58,59)60,51(61,62)63)32-14-22-43(71)39(26-32)67-77(74,75)35-5-3-2-4-6-35/h2-26,64,67-71H,1H3,(H,65,72)(H,66,73)/i/hD2. The van der Waals surface area contributed by atoms with Crippen LogP contribution in [0.2, 0.25) is 0 Å². The van der Waals surface area contributed by atoms with Crippen molar-refractivity contribution in [3.63, 3.8) is 0 Å². The van der Waals surface area contributed by atoms with Gasteiger partial charge in [-0.15, -0.1) is 0 Å². The van der Waals surface area contributed by atoms with Gasteiger partial charge in [-0.3, -0.25) is 14.3 Å². The van der Waals surface area contributed by atoms with Gasteiger partial charge >= 0.3 is 24.7 Å². The molecule has 8 N–H and O–H groups in total. The fraction of sp³-hybridized carbons (Fsp3) is 0.137. The highest BCUT2D eigenvalue weighted by Crippen LogP contribution is 2.59. The second-order valence-corrected chi connectivity index (χ2v) is 18.3. The highest BCUT2D eigenvalue weighted by atomic mass is 32.2. The van der Waals surface area contributed by atoms with Gasteiger partial charge < -0.3 is 41.1 Å². The van der Waals surface area contributed by atoms with E-state index < -0.39 is 130 Å². The van der Waals surface area contributed by atoms with Gasteiger partial charge in [0.05, 0.1) is 27.6 Å². The number of sulfonamides is 1. The Labute approximate surface area is 430 Å². The van der Waals surface area contributed by atoms with Crippen LogP contribution < -0.4 is 25.4 Å². The van der Waals surface area contributed by atoms with E-state index in [1.165, 1.54) is 42.5 Å². The van der Waals surface area contributed by atoms with Crippen molar-refractivity contribution in [3.8, 4) is 34.5 Å². The van der Waals surface area contributed by atoms with Gasteiger partial charge in [-0.05, 0) is 131 Å². The van der Waals surface area contributed by atoms with E-state index in [1.54, 1.807) is 4.72 Å². The molecule has 0 saturated heterocycles. The Morgan fingerprint density at radius 1 is 0.468 bits per heavy atom. The Bertz CT molecular complexity index is 3490. The molecule has 77 heavy (non-hydrogen) atoms. The molecule has 0 saturated carbocycles. The Morgan fingerprint density at radius 2 is 0.805 bits per heavy atom. The maximum absolute atomic E-state index is 15.3. The van der Waals surface area contributed by atoms with Crippen LogP contribution >= 0.6 is 0 Å². The molecular weight excluding hydrogens is 1070 g/mol. The van der Waals surface area contributed by atoms with Crippen LogP contribution in [0.25, 0.3) is 0 Å². The van der Waals surface area contributed by atoms with Crippen molar-refractivity contribution in [1.82, 2.24) is 0 Å². The molecule has 0 aliphatic heterocycles. The molecule has 0 unspecified atom stereocenters. The summed E-state index contributed by atoms with van der Waals surface area (Å²) in [6.45, 7) is 0. The summed E-state index contributed by atoms with van der Waals surface area (Å²) in [5, 5.41) is 35.7. The molecule has 0 spiro atoms. The number of rotatable bonds is 16. The average molecular weight is 1110 g/mol. The molecule has 0 atom stereocenters. The maximum atomic E-state index is 15.3. The predicted octanol–water partition coefficient (Wildman–Crippen LogP) is 12.5. The molecule has 0 radical (unpaired) electrons. The monoisotopic (exact) mass is 1110 g/mol. The molecule has 404 valence electrons. The van der Waals surface area contributed by atoms with Gasteiger partial charge in [0.25, 0.3) is 24.7 Å². The molecular formula is C51H36F12N4O9S. The van der Waals surface area contributed by atoms with Crippen LogP contribution in [0.5, 0.6) is 34.5 Å². The molecule has 7 aromatic rings. The summed E-state index contributed by atoms with van der Waals surface area (Å²) in [4.78, 5) is 26.4. The van der Waals surface area contributed by atoms with Gasteiger partial charge in [0.1, 0.15) is 34.5 Å². The number of nitrogens with one attached hydrogen (secondary N) is 4. The predicted molar refractivity (Wildman–Crippen MR) is 254 cm³/mol. The van der Waals surface area contributed by atoms with Crippen molar-refractivity contribution in [2.45, 2.75) is 40.4 Å². The van der Waals surface area contributed by atoms with Crippen molar-refractivity contribution < 1.29 is 95.9 Å². The van der Waals surface area contributed by atoms with Gasteiger partial charge in [0.15, 0.2) is 0 Å². The molecule has 2 amide bonds. The molecule has 0 fully saturated rings. The van der Waals surface area contributed by atoms with E-state index in [2.05, 4.69) is 26.2 Å². The van der Waals surface area contributed by atoms with Crippen LogP contribution in [0.3, 0.4) is 0 Å². The van der Waals surface area contributed by atoms with E-state index in [1.807, 2.05) is 0 Å². The summed E-state index contributed by atoms with van der Waals surface area (Å²) in [6, 6.07) is 20.1.